The van der Waals surface area contributed by atoms with E-state index >= 15 is 0 Å². The van der Waals surface area contributed by atoms with Crippen LogP contribution in [0.2, 0.25) is 0 Å². The number of hydrogen-bond donors (Lipinski definition) is 2. The largest absolute Gasteiger partial charge is 0.493 e. The molecule has 0 aliphatic heterocycles. The number of amides is 1. The molecular weight excluding hydrogens is 376 g/mol. The van der Waals surface area contributed by atoms with Gasteiger partial charge in [-0.3, -0.25) is 4.79 Å². The summed E-state index contributed by atoms with van der Waals surface area (Å²) in [5, 5.41) is 19.4. The van der Waals surface area contributed by atoms with Crippen molar-refractivity contribution < 1.29 is 14.2 Å². The Balaban J connectivity index is 1.87. The van der Waals surface area contributed by atoms with Gasteiger partial charge >= 0.3 is 0 Å². The Morgan fingerprint density at radius 3 is 2.76 bits per heavy atom. The van der Waals surface area contributed by atoms with E-state index < -0.39 is 5.91 Å². The summed E-state index contributed by atoms with van der Waals surface area (Å²) in [5.41, 5.74) is 10.2. The van der Waals surface area contributed by atoms with Crippen LogP contribution in [0.25, 0.3) is 5.82 Å². The maximum absolute atomic E-state index is 12.7. The average molecular weight is 398 g/mol. The molecule has 11 heteroatoms. The van der Waals surface area contributed by atoms with Crippen LogP contribution in [-0.2, 0) is 0 Å². The van der Waals surface area contributed by atoms with Gasteiger partial charge in [0, 0.05) is 5.56 Å². The van der Waals surface area contributed by atoms with Crippen molar-refractivity contribution in [2.45, 2.75) is 33.6 Å². The minimum Gasteiger partial charge on any atom is -0.493 e. The molecule has 0 radical (unpaired) electrons. The molecule has 3 rings (SSSR count). The highest BCUT2D eigenvalue weighted by molar-refractivity contribution is 6.02. The van der Waals surface area contributed by atoms with Crippen LogP contribution in [0, 0.1) is 0 Å². The lowest BCUT2D eigenvalue weighted by Crippen LogP contribution is -2.22. The smallest absolute Gasteiger partial charge is 0.293 e. The molecular formula is C18H22N8O3. The van der Waals surface area contributed by atoms with Crippen molar-refractivity contribution in [3.8, 4) is 11.6 Å². The summed E-state index contributed by atoms with van der Waals surface area (Å²) >= 11 is 0. The van der Waals surface area contributed by atoms with E-state index in [0.29, 0.717) is 23.8 Å². The number of ether oxygens (including phenoxy) is 1. The van der Waals surface area contributed by atoms with Crippen LogP contribution in [0.4, 0.5) is 5.82 Å². The summed E-state index contributed by atoms with van der Waals surface area (Å²) in [5.74, 6) is 0.290. The molecule has 152 valence electrons. The van der Waals surface area contributed by atoms with Gasteiger partial charge in [0.05, 0.1) is 18.0 Å². The van der Waals surface area contributed by atoms with Crippen molar-refractivity contribution in [2.75, 3.05) is 12.3 Å². The predicted octanol–water partition coefficient (Wildman–Crippen LogP) is 1.91. The molecule has 1 amide bonds. The number of nitrogen functional groups attached to an aromatic ring is 1. The number of para-hydroxylation sites is 1. The fourth-order valence-electron chi connectivity index (χ4n) is 2.76. The van der Waals surface area contributed by atoms with E-state index in [0.717, 1.165) is 5.56 Å². The number of aromatic nitrogens is 5. The van der Waals surface area contributed by atoms with E-state index in [1.54, 1.807) is 6.92 Å². The lowest BCUT2D eigenvalue weighted by Gasteiger charge is -2.10. The van der Waals surface area contributed by atoms with Gasteiger partial charge in [-0.05, 0) is 42.2 Å². The normalized spacial score (nSPS) is 11.7. The molecule has 3 aromatic rings. The van der Waals surface area contributed by atoms with Gasteiger partial charge in [0.1, 0.15) is 5.75 Å². The number of carbonyl (C=O) groups excluding carboxylic acids is 1. The quantitative estimate of drug-likeness (QED) is 0.453. The number of hydrogen-bond acceptors (Lipinski definition) is 9. The highest BCUT2D eigenvalue weighted by Gasteiger charge is 2.25. The first-order valence-electron chi connectivity index (χ1n) is 9.04. The maximum atomic E-state index is 12.7. The van der Waals surface area contributed by atoms with Gasteiger partial charge in [-0.1, -0.05) is 31.2 Å². The van der Waals surface area contributed by atoms with Gasteiger partial charge in [-0.15, -0.1) is 5.10 Å². The van der Waals surface area contributed by atoms with Crippen molar-refractivity contribution in [3.63, 3.8) is 0 Å². The van der Waals surface area contributed by atoms with Crippen LogP contribution in [-0.4, -0.2) is 43.5 Å². The topological polar surface area (TPSA) is 146 Å². The molecule has 0 unspecified atom stereocenters. The Kier molecular flexibility index (Phi) is 5.86. The first-order chi connectivity index (χ1) is 13.9. The second-order valence-electron chi connectivity index (χ2n) is 6.43. The summed E-state index contributed by atoms with van der Waals surface area (Å²) in [7, 11) is 0. The number of carbonyl (C=O) groups is 1. The predicted molar refractivity (Wildman–Crippen MR) is 105 cm³/mol. The summed E-state index contributed by atoms with van der Waals surface area (Å²) < 4.78 is 11.6. The van der Waals surface area contributed by atoms with E-state index in [4.69, 9.17) is 10.5 Å². The number of nitrogens with one attached hydrogen (secondary N) is 1. The second kappa shape index (κ2) is 8.50. The highest BCUT2D eigenvalue weighted by Crippen LogP contribution is 2.23. The second-order valence-corrected chi connectivity index (χ2v) is 6.43. The molecule has 0 saturated carbocycles. The van der Waals surface area contributed by atoms with E-state index in [-0.39, 0.29) is 23.2 Å². The third-order valence-electron chi connectivity index (χ3n) is 4.06. The highest BCUT2D eigenvalue weighted by atomic mass is 16.6. The average Bonchev–Trinajstić information content (AvgIpc) is 3.32. The molecule has 2 aromatic heterocycles. The maximum Gasteiger partial charge on any atom is 0.293 e. The van der Waals surface area contributed by atoms with Crippen LogP contribution < -0.4 is 15.9 Å². The number of nitrogens with two attached hydrogens (primary N) is 1. The number of nitrogens with zero attached hydrogens (tertiary/aromatic N) is 6. The number of benzene rings is 1. The zero-order chi connectivity index (χ0) is 21.0. The van der Waals surface area contributed by atoms with Crippen LogP contribution in [0.3, 0.4) is 0 Å². The molecule has 11 nitrogen and oxygen atoms in total. The molecule has 29 heavy (non-hydrogen) atoms. The fourth-order valence-corrected chi connectivity index (χ4v) is 2.76. The Morgan fingerprint density at radius 1 is 1.34 bits per heavy atom. The Hall–Kier alpha value is -3.76. The third-order valence-corrected chi connectivity index (χ3v) is 4.06. The van der Waals surface area contributed by atoms with Crippen molar-refractivity contribution in [1.82, 2.24) is 30.7 Å². The summed E-state index contributed by atoms with van der Waals surface area (Å²) in [6.07, 6.45) is 0. The van der Waals surface area contributed by atoms with Gasteiger partial charge in [0.2, 0.25) is 11.6 Å². The van der Waals surface area contributed by atoms with Crippen LogP contribution in [0.15, 0.2) is 34.0 Å². The molecule has 2 heterocycles. The Bertz CT molecular complexity index is 1040. The van der Waals surface area contributed by atoms with Crippen molar-refractivity contribution in [1.29, 1.82) is 0 Å². The number of hydrazone groups is 1. The summed E-state index contributed by atoms with van der Waals surface area (Å²) in [4.78, 5) is 12.7. The van der Waals surface area contributed by atoms with Crippen molar-refractivity contribution in [2.24, 2.45) is 5.10 Å². The lowest BCUT2D eigenvalue weighted by atomic mass is 10.1. The number of rotatable bonds is 7. The van der Waals surface area contributed by atoms with E-state index in [9.17, 15) is 4.79 Å². The third kappa shape index (κ3) is 4.08. The minimum absolute atomic E-state index is 0.0464. The number of anilines is 1. The molecule has 0 aliphatic rings. The van der Waals surface area contributed by atoms with Gasteiger partial charge < -0.3 is 10.5 Å². The molecule has 1 aromatic carbocycles. The van der Waals surface area contributed by atoms with E-state index in [1.165, 1.54) is 4.68 Å². The lowest BCUT2D eigenvalue weighted by molar-refractivity contribution is 0.0948. The SMILES string of the molecule is CCOc1ccccc1/C(C)=N/NC(=O)c1nnn(-c2nonc2N)c1C(C)C. The van der Waals surface area contributed by atoms with Crippen LogP contribution in [0.5, 0.6) is 5.75 Å². The molecule has 0 saturated heterocycles. The van der Waals surface area contributed by atoms with Crippen LogP contribution >= 0.6 is 0 Å². The Labute approximate surface area is 166 Å². The molecule has 3 N–H and O–H groups in total. The fraction of sp³-hybridized carbons (Fsp3) is 0.333. The zero-order valence-corrected chi connectivity index (χ0v) is 16.6. The van der Waals surface area contributed by atoms with Gasteiger partial charge in [-0.2, -0.15) is 9.78 Å². The first kappa shape index (κ1) is 20.0. The Morgan fingerprint density at radius 2 is 2.10 bits per heavy atom. The molecule has 0 atom stereocenters. The first-order valence-corrected chi connectivity index (χ1v) is 9.04. The molecule has 0 spiro atoms. The molecule has 0 fully saturated rings. The van der Waals surface area contributed by atoms with Gasteiger partial charge in [0.25, 0.3) is 5.91 Å². The van der Waals surface area contributed by atoms with E-state index in [2.05, 4.69) is 35.8 Å². The zero-order valence-electron chi connectivity index (χ0n) is 16.6. The van der Waals surface area contributed by atoms with Crippen LogP contribution in [0.1, 0.15) is 55.4 Å². The van der Waals surface area contributed by atoms with Crippen molar-refractivity contribution >= 4 is 17.4 Å². The van der Waals surface area contributed by atoms with Gasteiger partial charge in [0.15, 0.2) is 5.69 Å². The van der Waals surface area contributed by atoms with E-state index in [1.807, 2.05) is 45.0 Å². The van der Waals surface area contributed by atoms with Gasteiger partial charge in [-0.25, -0.2) is 10.1 Å². The molecule has 0 aliphatic carbocycles. The summed E-state index contributed by atoms with van der Waals surface area (Å²) in [6, 6.07) is 7.46. The summed E-state index contributed by atoms with van der Waals surface area (Å²) in [6.45, 7) is 7.99. The monoisotopic (exact) mass is 398 g/mol. The minimum atomic E-state index is -0.511. The molecule has 0 bridgehead atoms. The standard InChI is InChI=1S/C18H22N8O3/c1-5-28-13-9-7-6-8-12(13)11(4)20-22-18(27)14-15(10(2)3)26(25-21-14)17-16(19)23-29-24-17/h6-10H,5H2,1-4H3,(H2,19,23)(H,22,27)/b20-11+. The van der Waals surface area contributed by atoms with Crippen molar-refractivity contribution in [3.05, 3.63) is 41.2 Å².